The molecular weight excluding hydrogens is 140 g/mol. The molecule has 0 unspecified atom stereocenters. The largest absolute Gasteiger partial charge is 0.387 e. The Kier molecular flexibility index (Phi) is 2.98. The van der Waals surface area contributed by atoms with Gasteiger partial charge in [-0.05, 0) is 12.5 Å². The molecule has 0 aliphatic rings. The molecule has 1 aromatic heterocycles. The van der Waals surface area contributed by atoms with Crippen molar-refractivity contribution in [3.05, 3.63) is 24.3 Å². The van der Waals surface area contributed by atoms with Crippen molar-refractivity contribution in [2.45, 2.75) is 25.9 Å². The van der Waals surface area contributed by atoms with Crippen molar-refractivity contribution in [2.24, 2.45) is 0 Å². The average molecular weight is 152 g/mol. The molecule has 0 spiro atoms. The van der Waals surface area contributed by atoms with E-state index in [-0.39, 0.29) is 0 Å². The second-order valence-electron chi connectivity index (χ2n) is 2.44. The van der Waals surface area contributed by atoms with Gasteiger partial charge in [-0.15, -0.1) is 0 Å². The Morgan fingerprint density at radius 2 is 2.45 bits per heavy atom. The van der Waals surface area contributed by atoms with E-state index in [1.165, 1.54) is 6.33 Å². The highest BCUT2D eigenvalue weighted by Crippen LogP contribution is 2.13. The van der Waals surface area contributed by atoms with Gasteiger partial charge in [0.1, 0.15) is 6.33 Å². The summed E-state index contributed by atoms with van der Waals surface area (Å²) in [5.74, 6) is 0. The molecule has 0 saturated carbocycles. The molecule has 0 radical (unpaired) electrons. The summed E-state index contributed by atoms with van der Waals surface area (Å²) in [7, 11) is 0. The maximum atomic E-state index is 9.43. The van der Waals surface area contributed by atoms with Gasteiger partial charge in [-0.25, -0.2) is 9.97 Å². The molecule has 1 rings (SSSR count). The highest BCUT2D eigenvalue weighted by molar-refractivity contribution is 5.01. The molecule has 0 aliphatic carbocycles. The van der Waals surface area contributed by atoms with Crippen LogP contribution in [0.3, 0.4) is 0 Å². The minimum absolute atomic E-state index is 0.428. The Balaban J connectivity index is 2.61. The van der Waals surface area contributed by atoms with E-state index in [0.29, 0.717) is 5.69 Å². The third-order valence-electron chi connectivity index (χ3n) is 1.51. The molecule has 0 saturated heterocycles. The summed E-state index contributed by atoms with van der Waals surface area (Å²) in [5.41, 5.74) is 0.710. The summed E-state index contributed by atoms with van der Waals surface area (Å²) >= 11 is 0. The Hall–Kier alpha value is -0.960. The fourth-order valence-corrected chi connectivity index (χ4v) is 0.919. The van der Waals surface area contributed by atoms with E-state index >= 15 is 0 Å². The summed E-state index contributed by atoms with van der Waals surface area (Å²) < 4.78 is 0. The molecule has 1 N–H and O–H groups in total. The molecule has 3 heteroatoms. The van der Waals surface area contributed by atoms with Crippen LogP contribution >= 0.6 is 0 Å². The fourth-order valence-electron chi connectivity index (χ4n) is 0.919. The molecule has 0 bridgehead atoms. The second-order valence-corrected chi connectivity index (χ2v) is 2.44. The van der Waals surface area contributed by atoms with Crippen molar-refractivity contribution >= 4 is 0 Å². The van der Waals surface area contributed by atoms with Crippen LogP contribution in [0, 0.1) is 0 Å². The van der Waals surface area contributed by atoms with Gasteiger partial charge in [0.2, 0.25) is 0 Å². The van der Waals surface area contributed by atoms with Crippen molar-refractivity contribution in [2.75, 3.05) is 0 Å². The van der Waals surface area contributed by atoms with E-state index in [1.807, 2.05) is 6.92 Å². The number of rotatable bonds is 3. The van der Waals surface area contributed by atoms with E-state index in [9.17, 15) is 5.11 Å². The summed E-state index contributed by atoms with van der Waals surface area (Å²) in [5, 5.41) is 9.43. The highest BCUT2D eigenvalue weighted by atomic mass is 16.3. The molecule has 1 heterocycles. The van der Waals surface area contributed by atoms with Crippen LogP contribution < -0.4 is 0 Å². The van der Waals surface area contributed by atoms with E-state index in [1.54, 1.807) is 12.3 Å². The number of hydrogen-bond acceptors (Lipinski definition) is 3. The zero-order chi connectivity index (χ0) is 8.10. The molecular formula is C8H12N2O. The van der Waals surface area contributed by atoms with Gasteiger partial charge in [0, 0.05) is 6.20 Å². The molecule has 1 aromatic rings. The molecule has 0 amide bonds. The number of aliphatic hydroxyl groups is 1. The van der Waals surface area contributed by atoms with Gasteiger partial charge in [-0.1, -0.05) is 13.3 Å². The zero-order valence-corrected chi connectivity index (χ0v) is 6.57. The topological polar surface area (TPSA) is 46.0 Å². The SMILES string of the molecule is CCC[C@@H](O)c1ccncn1. The van der Waals surface area contributed by atoms with Gasteiger partial charge >= 0.3 is 0 Å². The predicted octanol–water partition coefficient (Wildman–Crippen LogP) is 1.31. The molecule has 3 nitrogen and oxygen atoms in total. The van der Waals surface area contributed by atoms with Crippen molar-refractivity contribution in [3.63, 3.8) is 0 Å². The highest BCUT2D eigenvalue weighted by Gasteiger charge is 2.05. The fraction of sp³-hybridized carbons (Fsp3) is 0.500. The molecule has 0 aliphatic heterocycles. The first-order valence-electron chi connectivity index (χ1n) is 3.78. The quantitative estimate of drug-likeness (QED) is 0.710. The van der Waals surface area contributed by atoms with E-state index < -0.39 is 6.10 Å². The van der Waals surface area contributed by atoms with Gasteiger partial charge < -0.3 is 5.11 Å². The zero-order valence-electron chi connectivity index (χ0n) is 6.57. The Morgan fingerprint density at radius 1 is 1.64 bits per heavy atom. The van der Waals surface area contributed by atoms with Gasteiger partial charge in [0.05, 0.1) is 11.8 Å². The number of hydrogen-bond donors (Lipinski definition) is 1. The lowest BCUT2D eigenvalue weighted by Crippen LogP contribution is -1.99. The van der Waals surface area contributed by atoms with E-state index in [4.69, 9.17) is 0 Å². The van der Waals surface area contributed by atoms with Crippen LogP contribution in [0.1, 0.15) is 31.6 Å². The molecule has 11 heavy (non-hydrogen) atoms. The Labute approximate surface area is 66.1 Å². The molecule has 0 aromatic carbocycles. The van der Waals surface area contributed by atoms with Crippen molar-refractivity contribution in [1.82, 2.24) is 9.97 Å². The van der Waals surface area contributed by atoms with Gasteiger partial charge in [0.25, 0.3) is 0 Å². The van der Waals surface area contributed by atoms with Gasteiger partial charge in [-0.3, -0.25) is 0 Å². The van der Waals surface area contributed by atoms with Crippen molar-refractivity contribution in [1.29, 1.82) is 0 Å². The minimum atomic E-state index is -0.428. The molecule has 1 atom stereocenters. The normalized spacial score (nSPS) is 12.9. The van der Waals surface area contributed by atoms with Crippen LogP contribution in [0.15, 0.2) is 18.6 Å². The number of nitrogens with zero attached hydrogens (tertiary/aromatic N) is 2. The number of aromatic nitrogens is 2. The van der Waals surface area contributed by atoms with Crippen molar-refractivity contribution in [3.8, 4) is 0 Å². The van der Waals surface area contributed by atoms with Gasteiger partial charge in [-0.2, -0.15) is 0 Å². The van der Waals surface area contributed by atoms with Crippen LogP contribution in [0.2, 0.25) is 0 Å². The summed E-state index contributed by atoms with van der Waals surface area (Å²) in [6.45, 7) is 2.03. The van der Waals surface area contributed by atoms with Crippen LogP contribution in [-0.4, -0.2) is 15.1 Å². The third kappa shape index (κ3) is 2.27. The first kappa shape index (κ1) is 8.14. The first-order valence-corrected chi connectivity index (χ1v) is 3.78. The summed E-state index contributed by atoms with van der Waals surface area (Å²) in [4.78, 5) is 7.70. The van der Waals surface area contributed by atoms with Crippen LogP contribution in [0.25, 0.3) is 0 Å². The molecule has 0 fully saturated rings. The average Bonchev–Trinajstić information content (AvgIpc) is 2.07. The Morgan fingerprint density at radius 3 is 3.00 bits per heavy atom. The third-order valence-corrected chi connectivity index (χ3v) is 1.51. The minimum Gasteiger partial charge on any atom is -0.387 e. The lowest BCUT2D eigenvalue weighted by Gasteiger charge is -2.06. The predicted molar refractivity (Wildman–Crippen MR) is 41.9 cm³/mol. The van der Waals surface area contributed by atoms with Crippen molar-refractivity contribution < 1.29 is 5.11 Å². The summed E-state index contributed by atoms with van der Waals surface area (Å²) in [6.07, 6.45) is 4.39. The second kappa shape index (κ2) is 4.03. The van der Waals surface area contributed by atoms with Gasteiger partial charge in [0.15, 0.2) is 0 Å². The van der Waals surface area contributed by atoms with Crippen LogP contribution in [0.4, 0.5) is 0 Å². The molecule has 60 valence electrons. The van der Waals surface area contributed by atoms with E-state index in [2.05, 4.69) is 9.97 Å². The standard InChI is InChI=1S/C8H12N2O/c1-2-3-8(11)7-4-5-9-6-10-7/h4-6,8,11H,2-3H2,1H3/t8-/m1/s1. The van der Waals surface area contributed by atoms with Crippen LogP contribution in [0.5, 0.6) is 0 Å². The van der Waals surface area contributed by atoms with E-state index in [0.717, 1.165) is 12.8 Å². The maximum absolute atomic E-state index is 9.43. The van der Waals surface area contributed by atoms with Crippen LogP contribution in [-0.2, 0) is 0 Å². The summed E-state index contributed by atoms with van der Waals surface area (Å²) in [6, 6.07) is 1.74. The first-order chi connectivity index (χ1) is 5.34. The maximum Gasteiger partial charge on any atom is 0.115 e. The lowest BCUT2D eigenvalue weighted by atomic mass is 10.1. The lowest BCUT2D eigenvalue weighted by molar-refractivity contribution is 0.161. The monoisotopic (exact) mass is 152 g/mol. The smallest absolute Gasteiger partial charge is 0.115 e. The Bertz CT molecular complexity index is 201. The number of aliphatic hydroxyl groups excluding tert-OH is 1.